The van der Waals surface area contributed by atoms with Gasteiger partial charge in [-0.05, 0) is 31.5 Å². The lowest BCUT2D eigenvalue weighted by Crippen LogP contribution is -2.30. The second kappa shape index (κ2) is 6.10. The number of aliphatic carboxylic acids is 1. The van der Waals surface area contributed by atoms with Crippen LogP contribution in [0.15, 0.2) is 29.3 Å². The van der Waals surface area contributed by atoms with E-state index < -0.39 is 23.5 Å². The molecule has 3 rings (SSSR count). The number of aromatic nitrogens is 3. The summed E-state index contributed by atoms with van der Waals surface area (Å²) in [6.07, 6.45) is 3.01. The van der Waals surface area contributed by atoms with Crippen LogP contribution in [-0.4, -0.2) is 36.7 Å². The molecule has 3 aromatic rings. The third-order valence-corrected chi connectivity index (χ3v) is 5.05. The highest BCUT2D eigenvalue weighted by molar-refractivity contribution is 7.20. The van der Waals surface area contributed by atoms with Crippen LogP contribution in [0.5, 0.6) is 0 Å². The second-order valence-corrected chi connectivity index (χ2v) is 6.40. The zero-order chi connectivity index (χ0) is 18.3. The fourth-order valence-corrected chi connectivity index (χ4v) is 3.58. The number of carbonyl (C=O) groups is 2. The Balaban J connectivity index is 2.45. The zero-order valence-corrected chi connectivity index (χ0v) is 14.1. The van der Waals surface area contributed by atoms with Crippen molar-refractivity contribution in [2.45, 2.75) is 19.9 Å². The van der Waals surface area contributed by atoms with Gasteiger partial charge in [-0.2, -0.15) is 0 Å². The van der Waals surface area contributed by atoms with Crippen LogP contribution in [0.3, 0.4) is 0 Å². The number of aryl methyl sites for hydroxylation is 1. The number of aromatic carboxylic acids is 1. The summed E-state index contributed by atoms with van der Waals surface area (Å²) in [7, 11) is 0. The van der Waals surface area contributed by atoms with E-state index in [4.69, 9.17) is 0 Å². The molecule has 0 aliphatic heterocycles. The van der Waals surface area contributed by atoms with Crippen LogP contribution in [0.2, 0.25) is 0 Å². The van der Waals surface area contributed by atoms with Gasteiger partial charge < -0.3 is 10.2 Å². The summed E-state index contributed by atoms with van der Waals surface area (Å²) in [5.41, 5.74) is 0.232. The van der Waals surface area contributed by atoms with Crippen LogP contribution >= 0.6 is 11.3 Å². The Hall–Kier alpha value is -3.07. The molecule has 0 aromatic carbocycles. The van der Waals surface area contributed by atoms with Crippen molar-refractivity contribution in [1.29, 1.82) is 0 Å². The summed E-state index contributed by atoms with van der Waals surface area (Å²) >= 11 is 0.897. The maximum atomic E-state index is 13.0. The van der Waals surface area contributed by atoms with Crippen LogP contribution < -0.4 is 5.56 Å². The molecule has 25 heavy (non-hydrogen) atoms. The number of carboxylic acids is 2. The van der Waals surface area contributed by atoms with Crippen LogP contribution in [-0.2, 0) is 4.79 Å². The minimum absolute atomic E-state index is 0.0148. The standard InChI is InChI=1S/C16H13N3O5S/c1-7-10-13(25-11(7)16(23)24)18-12(9-3-5-17-6-4-9)19(14(10)20)8(2)15(21)22/h3-6,8H,1-2H3,(H,21,22)(H,23,24). The summed E-state index contributed by atoms with van der Waals surface area (Å²) in [6.45, 7) is 2.90. The monoisotopic (exact) mass is 359 g/mol. The summed E-state index contributed by atoms with van der Waals surface area (Å²) < 4.78 is 1.07. The van der Waals surface area contributed by atoms with Gasteiger partial charge in [-0.1, -0.05) is 0 Å². The van der Waals surface area contributed by atoms with E-state index in [1.165, 1.54) is 26.2 Å². The summed E-state index contributed by atoms with van der Waals surface area (Å²) in [5.74, 6) is -2.18. The summed E-state index contributed by atoms with van der Waals surface area (Å²) in [4.78, 5) is 44.4. The largest absolute Gasteiger partial charge is 0.480 e. The Morgan fingerprint density at radius 2 is 1.88 bits per heavy atom. The van der Waals surface area contributed by atoms with Gasteiger partial charge in [-0.3, -0.25) is 14.3 Å². The highest BCUT2D eigenvalue weighted by Gasteiger charge is 2.26. The maximum Gasteiger partial charge on any atom is 0.346 e. The predicted molar refractivity (Wildman–Crippen MR) is 91.2 cm³/mol. The van der Waals surface area contributed by atoms with E-state index in [2.05, 4.69) is 9.97 Å². The van der Waals surface area contributed by atoms with E-state index in [1.807, 2.05) is 0 Å². The number of fused-ring (bicyclic) bond motifs is 1. The number of nitrogens with zero attached hydrogens (tertiary/aromatic N) is 3. The Morgan fingerprint density at radius 3 is 2.44 bits per heavy atom. The fourth-order valence-electron chi connectivity index (χ4n) is 2.57. The molecule has 0 spiro atoms. The topological polar surface area (TPSA) is 122 Å². The first-order valence-corrected chi connectivity index (χ1v) is 8.06. The molecular weight excluding hydrogens is 346 g/mol. The van der Waals surface area contributed by atoms with E-state index >= 15 is 0 Å². The Kier molecular flexibility index (Phi) is 4.09. The minimum atomic E-state index is -1.19. The van der Waals surface area contributed by atoms with Crippen LogP contribution in [0.25, 0.3) is 21.6 Å². The third-order valence-electron chi connectivity index (χ3n) is 3.87. The van der Waals surface area contributed by atoms with E-state index in [0.717, 1.165) is 15.9 Å². The summed E-state index contributed by atoms with van der Waals surface area (Å²) in [5, 5.41) is 18.8. The van der Waals surface area contributed by atoms with Gasteiger partial charge in [0.15, 0.2) is 0 Å². The SMILES string of the molecule is Cc1c(C(=O)O)sc2nc(-c3ccncc3)n(C(C)C(=O)O)c(=O)c12. The molecule has 0 saturated carbocycles. The first kappa shape index (κ1) is 16.8. The van der Waals surface area contributed by atoms with Gasteiger partial charge >= 0.3 is 11.9 Å². The van der Waals surface area contributed by atoms with E-state index in [1.54, 1.807) is 12.1 Å². The molecule has 0 aliphatic carbocycles. The van der Waals surface area contributed by atoms with Crippen molar-refractivity contribution < 1.29 is 19.8 Å². The predicted octanol–water partition coefficient (Wildman–Crippen LogP) is 2.17. The number of hydrogen-bond acceptors (Lipinski definition) is 6. The second-order valence-electron chi connectivity index (χ2n) is 5.40. The number of pyridine rings is 1. The van der Waals surface area contributed by atoms with Crippen molar-refractivity contribution >= 4 is 33.5 Å². The van der Waals surface area contributed by atoms with E-state index in [9.17, 15) is 24.6 Å². The van der Waals surface area contributed by atoms with Crippen molar-refractivity contribution in [3.63, 3.8) is 0 Å². The molecule has 3 aromatic heterocycles. The van der Waals surface area contributed by atoms with Gasteiger partial charge in [-0.25, -0.2) is 14.6 Å². The van der Waals surface area contributed by atoms with Crippen molar-refractivity contribution in [2.24, 2.45) is 0 Å². The molecule has 2 N–H and O–H groups in total. The molecule has 0 aliphatic rings. The van der Waals surface area contributed by atoms with E-state index in [0.29, 0.717) is 5.56 Å². The molecular formula is C16H13N3O5S. The highest BCUT2D eigenvalue weighted by atomic mass is 32.1. The van der Waals surface area contributed by atoms with Crippen LogP contribution in [0.4, 0.5) is 0 Å². The molecule has 0 saturated heterocycles. The molecule has 8 nitrogen and oxygen atoms in total. The first-order chi connectivity index (χ1) is 11.8. The minimum Gasteiger partial charge on any atom is -0.480 e. The molecule has 0 bridgehead atoms. The van der Waals surface area contributed by atoms with Gasteiger partial charge in [0.05, 0.1) is 5.39 Å². The van der Waals surface area contributed by atoms with Crippen molar-refractivity contribution in [1.82, 2.24) is 14.5 Å². The first-order valence-electron chi connectivity index (χ1n) is 7.25. The highest BCUT2D eigenvalue weighted by Crippen LogP contribution is 2.30. The molecule has 0 amide bonds. The van der Waals surface area contributed by atoms with Gasteiger partial charge in [0.2, 0.25) is 0 Å². The Morgan fingerprint density at radius 1 is 1.24 bits per heavy atom. The number of hydrogen-bond donors (Lipinski definition) is 2. The number of carboxylic acid groups (broad SMARTS) is 2. The Bertz CT molecular complexity index is 1060. The quantitative estimate of drug-likeness (QED) is 0.732. The Labute approximate surface area is 145 Å². The van der Waals surface area contributed by atoms with Crippen molar-refractivity contribution in [3.05, 3.63) is 45.3 Å². The normalized spacial score (nSPS) is 12.2. The average molecular weight is 359 g/mol. The molecule has 1 atom stereocenters. The molecule has 0 radical (unpaired) electrons. The van der Waals surface area contributed by atoms with Gasteiger partial charge in [0.25, 0.3) is 5.56 Å². The van der Waals surface area contributed by atoms with Crippen LogP contribution in [0, 0.1) is 6.92 Å². The van der Waals surface area contributed by atoms with E-state index in [-0.39, 0.29) is 26.5 Å². The molecule has 0 fully saturated rings. The fraction of sp³-hybridized carbons (Fsp3) is 0.188. The van der Waals surface area contributed by atoms with Gasteiger partial charge in [-0.15, -0.1) is 11.3 Å². The number of thiophene rings is 1. The molecule has 128 valence electrons. The van der Waals surface area contributed by atoms with Gasteiger partial charge in [0, 0.05) is 18.0 Å². The van der Waals surface area contributed by atoms with Gasteiger partial charge in [0.1, 0.15) is 21.6 Å². The van der Waals surface area contributed by atoms with Crippen molar-refractivity contribution in [3.8, 4) is 11.4 Å². The number of rotatable bonds is 4. The zero-order valence-electron chi connectivity index (χ0n) is 13.3. The average Bonchev–Trinajstić information content (AvgIpc) is 2.92. The molecule has 3 heterocycles. The van der Waals surface area contributed by atoms with Crippen molar-refractivity contribution in [2.75, 3.05) is 0 Å². The lowest BCUT2D eigenvalue weighted by molar-refractivity contribution is -0.140. The third kappa shape index (κ3) is 2.68. The molecule has 1 unspecified atom stereocenters. The smallest absolute Gasteiger partial charge is 0.346 e. The summed E-state index contributed by atoms with van der Waals surface area (Å²) in [6, 6.07) is 2.05. The molecule has 9 heteroatoms. The van der Waals surface area contributed by atoms with Crippen LogP contribution in [0.1, 0.15) is 28.2 Å². The lowest BCUT2D eigenvalue weighted by atomic mass is 10.1. The lowest BCUT2D eigenvalue weighted by Gasteiger charge is -2.16. The maximum absolute atomic E-state index is 13.0.